The molecule has 0 aromatic carbocycles. The highest BCUT2D eigenvalue weighted by Crippen LogP contribution is 2.03. The first-order valence-corrected chi connectivity index (χ1v) is 7.36. The molecule has 2 N–H and O–H groups in total. The first-order valence-electron chi connectivity index (χ1n) is 5.70. The van der Waals surface area contributed by atoms with E-state index in [9.17, 15) is 18.0 Å². The predicted octanol–water partition coefficient (Wildman–Crippen LogP) is 0.112. The predicted molar refractivity (Wildman–Crippen MR) is 64.5 cm³/mol. The van der Waals surface area contributed by atoms with Gasteiger partial charge < -0.3 is 9.84 Å². The monoisotopic (exact) mass is 281 g/mol. The van der Waals surface area contributed by atoms with Gasteiger partial charge in [-0.1, -0.05) is 6.92 Å². The SMILES string of the molecule is CCCS(=O)(=O)N[C@@H](CCC(=O)OCC)C(=O)O. The van der Waals surface area contributed by atoms with Crippen LogP contribution < -0.4 is 4.72 Å². The van der Waals surface area contributed by atoms with E-state index in [0.29, 0.717) is 6.42 Å². The molecule has 0 aromatic rings. The summed E-state index contributed by atoms with van der Waals surface area (Å²) in [6, 6.07) is -1.30. The van der Waals surface area contributed by atoms with Crippen molar-refractivity contribution >= 4 is 22.0 Å². The Balaban J connectivity index is 4.41. The van der Waals surface area contributed by atoms with Gasteiger partial charge >= 0.3 is 11.9 Å². The lowest BCUT2D eigenvalue weighted by molar-refractivity contribution is -0.144. The zero-order valence-corrected chi connectivity index (χ0v) is 11.3. The zero-order chi connectivity index (χ0) is 14.2. The first-order chi connectivity index (χ1) is 8.32. The molecule has 0 fully saturated rings. The smallest absolute Gasteiger partial charge is 0.321 e. The Morgan fingerprint density at radius 3 is 2.39 bits per heavy atom. The number of carbonyl (C=O) groups excluding carboxylic acids is 1. The minimum atomic E-state index is -3.62. The summed E-state index contributed by atoms with van der Waals surface area (Å²) in [7, 11) is -3.62. The van der Waals surface area contributed by atoms with E-state index in [2.05, 4.69) is 9.46 Å². The maximum atomic E-state index is 11.4. The minimum absolute atomic E-state index is 0.128. The van der Waals surface area contributed by atoms with Crippen LogP contribution in [0.25, 0.3) is 0 Å². The largest absolute Gasteiger partial charge is 0.480 e. The van der Waals surface area contributed by atoms with Crippen molar-refractivity contribution in [3.05, 3.63) is 0 Å². The Morgan fingerprint density at radius 2 is 1.94 bits per heavy atom. The van der Waals surface area contributed by atoms with Gasteiger partial charge in [-0.2, -0.15) is 0 Å². The fourth-order valence-electron chi connectivity index (χ4n) is 1.27. The van der Waals surface area contributed by atoms with Gasteiger partial charge in [0, 0.05) is 6.42 Å². The maximum absolute atomic E-state index is 11.4. The van der Waals surface area contributed by atoms with Crippen LogP contribution in [0.2, 0.25) is 0 Å². The summed E-state index contributed by atoms with van der Waals surface area (Å²) < 4.78 is 29.5. The molecule has 18 heavy (non-hydrogen) atoms. The number of hydrogen-bond donors (Lipinski definition) is 2. The summed E-state index contributed by atoms with van der Waals surface area (Å²) in [6.45, 7) is 3.52. The summed E-state index contributed by atoms with van der Waals surface area (Å²) >= 11 is 0. The van der Waals surface area contributed by atoms with Crippen molar-refractivity contribution in [3.63, 3.8) is 0 Å². The van der Waals surface area contributed by atoms with Crippen LogP contribution in [0.15, 0.2) is 0 Å². The summed E-state index contributed by atoms with van der Waals surface area (Å²) in [6.07, 6.45) is 0.121. The number of carboxylic acids is 1. The lowest BCUT2D eigenvalue weighted by atomic mass is 10.2. The van der Waals surface area contributed by atoms with E-state index in [1.165, 1.54) is 0 Å². The molecule has 0 aliphatic carbocycles. The van der Waals surface area contributed by atoms with Gasteiger partial charge in [0.15, 0.2) is 0 Å². The van der Waals surface area contributed by atoms with Gasteiger partial charge in [0.25, 0.3) is 0 Å². The number of aliphatic carboxylic acids is 1. The van der Waals surface area contributed by atoms with Gasteiger partial charge in [0.1, 0.15) is 6.04 Å². The second-order valence-electron chi connectivity index (χ2n) is 3.67. The third-order valence-corrected chi connectivity index (χ3v) is 3.62. The van der Waals surface area contributed by atoms with Crippen LogP contribution in [0.1, 0.15) is 33.1 Å². The van der Waals surface area contributed by atoms with Crippen molar-refractivity contribution in [1.82, 2.24) is 4.72 Å². The van der Waals surface area contributed by atoms with Crippen LogP contribution in [0.4, 0.5) is 0 Å². The molecule has 0 spiro atoms. The van der Waals surface area contributed by atoms with Gasteiger partial charge in [-0.25, -0.2) is 13.1 Å². The molecule has 1 atom stereocenters. The van der Waals surface area contributed by atoms with Crippen molar-refractivity contribution < 1.29 is 27.9 Å². The molecule has 7 nitrogen and oxygen atoms in total. The molecule has 0 bridgehead atoms. The first kappa shape index (κ1) is 16.9. The Hall–Kier alpha value is -1.15. The van der Waals surface area contributed by atoms with E-state index >= 15 is 0 Å². The minimum Gasteiger partial charge on any atom is -0.480 e. The third-order valence-electron chi connectivity index (χ3n) is 2.04. The highest BCUT2D eigenvalue weighted by molar-refractivity contribution is 7.89. The molecule has 0 saturated carbocycles. The molecule has 0 heterocycles. The van der Waals surface area contributed by atoms with Crippen LogP contribution in [0, 0.1) is 0 Å². The van der Waals surface area contributed by atoms with Gasteiger partial charge in [-0.05, 0) is 19.8 Å². The van der Waals surface area contributed by atoms with Crippen LogP contribution in [0.3, 0.4) is 0 Å². The average molecular weight is 281 g/mol. The number of esters is 1. The average Bonchev–Trinajstić information content (AvgIpc) is 2.24. The standard InChI is InChI=1S/C10H19NO6S/c1-3-7-18(15,16)11-8(10(13)14)5-6-9(12)17-4-2/h8,11H,3-7H2,1-2H3,(H,13,14)/t8-/m0/s1. The van der Waals surface area contributed by atoms with Crippen molar-refractivity contribution in [2.75, 3.05) is 12.4 Å². The highest BCUT2D eigenvalue weighted by Gasteiger charge is 2.24. The molecule has 0 saturated heterocycles. The van der Waals surface area contributed by atoms with E-state index < -0.39 is 28.0 Å². The van der Waals surface area contributed by atoms with E-state index in [4.69, 9.17) is 5.11 Å². The summed E-state index contributed by atoms with van der Waals surface area (Å²) in [5, 5.41) is 8.87. The van der Waals surface area contributed by atoms with E-state index in [-0.39, 0.29) is 25.2 Å². The van der Waals surface area contributed by atoms with Crippen LogP contribution >= 0.6 is 0 Å². The second kappa shape index (κ2) is 8.04. The fraction of sp³-hybridized carbons (Fsp3) is 0.800. The maximum Gasteiger partial charge on any atom is 0.321 e. The molecule has 0 unspecified atom stereocenters. The number of carbonyl (C=O) groups is 2. The van der Waals surface area contributed by atoms with E-state index in [0.717, 1.165) is 0 Å². The van der Waals surface area contributed by atoms with Gasteiger partial charge in [0.05, 0.1) is 12.4 Å². The lowest BCUT2D eigenvalue weighted by Gasteiger charge is -2.13. The fourth-order valence-corrected chi connectivity index (χ4v) is 2.58. The van der Waals surface area contributed by atoms with Crippen molar-refractivity contribution in [1.29, 1.82) is 0 Å². The van der Waals surface area contributed by atoms with Gasteiger partial charge in [-0.3, -0.25) is 9.59 Å². The Morgan fingerprint density at radius 1 is 1.33 bits per heavy atom. The van der Waals surface area contributed by atoms with E-state index in [1.807, 2.05) is 0 Å². The highest BCUT2D eigenvalue weighted by atomic mass is 32.2. The molecular formula is C10H19NO6S. The number of nitrogens with one attached hydrogen (secondary N) is 1. The number of hydrogen-bond acceptors (Lipinski definition) is 5. The van der Waals surface area contributed by atoms with Crippen LogP contribution in [-0.2, 0) is 24.3 Å². The summed E-state index contributed by atoms with van der Waals surface area (Å²) in [5.74, 6) is -1.99. The molecule has 0 aliphatic rings. The Kier molecular flexibility index (Phi) is 7.53. The van der Waals surface area contributed by atoms with Gasteiger partial charge in [-0.15, -0.1) is 0 Å². The molecule has 0 aromatic heterocycles. The third kappa shape index (κ3) is 7.23. The van der Waals surface area contributed by atoms with Crippen LogP contribution in [0.5, 0.6) is 0 Å². The lowest BCUT2D eigenvalue weighted by Crippen LogP contribution is -2.42. The van der Waals surface area contributed by atoms with Crippen molar-refractivity contribution in [2.45, 2.75) is 39.2 Å². The van der Waals surface area contributed by atoms with Gasteiger partial charge in [0.2, 0.25) is 10.0 Å². The molecular weight excluding hydrogens is 262 g/mol. The number of ether oxygens (including phenoxy) is 1. The zero-order valence-electron chi connectivity index (χ0n) is 10.5. The molecule has 0 rings (SSSR count). The Labute approximate surface area is 107 Å². The van der Waals surface area contributed by atoms with Crippen molar-refractivity contribution in [2.24, 2.45) is 0 Å². The summed E-state index contributed by atoms with van der Waals surface area (Å²) in [4.78, 5) is 21.9. The molecule has 0 aliphatic heterocycles. The molecule has 106 valence electrons. The molecule has 0 amide bonds. The summed E-state index contributed by atoms with van der Waals surface area (Å²) in [5.41, 5.74) is 0. The quantitative estimate of drug-likeness (QED) is 0.581. The second-order valence-corrected chi connectivity index (χ2v) is 5.54. The number of sulfonamides is 1. The molecule has 0 radical (unpaired) electrons. The van der Waals surface area contributed by atoms with Crippen molar-refractivity contribution in [3.8, 4) is 0 Å². The number of rotatable bonds is 9. The molecule has 8 heteroatoms. The normalized spacial score (nSPS) is 13.0. The topological polar surface area (TPSA) is 110 Å². The number of carboxylic acid groups (broad SMARTS) is 1. The van der Waals surface area contributed by atoms with Crippen LogP contribution in [-0.4, -0.2) is 43.9 Å². The Bertz CT molecular complexity index is 378. The van der Waals surface area contributed by atoms with E-state index in [1.54, 1.807) is 13.8 Å².